The summed E-state index contributed by atoms with van der Waals surface area (Å²) < 4.78 is 16.6. The standard InChI is InChI=1S/C20H28N2O4/c1-15-3-2-8-22(12-15)19(23)21-13-20(6-9-24-10-7-20)16-4-5-17-18(11-16)26-14-25-17/h4-5,11,15H,2-3,6-10,12-14H2,1H3,(H,21,23). The highest BCUT2D eigenvalue weighted by atomic mass is 16.7. The van der Waals surface area contributed by atoms with Gasteiger partial charge in [0, 0.05) is 38.3 Å². The molecule has 0 aliphatic carbocycles. The molecule has 3 aliphatic rings. The summed E-state index contributed by atoms with van der Waals surface area (Å²) in [4.78, 5) is 14.6. The first-order valence-electron chi connectivity index (χ1n) is 9.67. The maximum absolute atomic E-state index is 12.7. The van der Waals surface area contributed by atoms with Crippen LogP contribution < -0.4 is 14.8 Å². The number of urea groups is 1. The Balaban J connectivity index is 1.49. The molecule has 1 aromatic rings. The molecular formula is C20H28N2O4. The lowest BCUT2D eigenvalue weighted by Crippen LogP contribution is -2.50. The molecule has 2 saturated heterocycles. The van der Waals surface area contributed by atoms with Crippen molar-refractivity contribution < 1.29 is 19.0 Å². The van der Waals surface area contributed by atoms with Gasteiger partial charge in [-0.2, -0.15) is 0 Å². The van der Waals surface area contributed by atoms with E-state index in [9.17, 15) is 4.79 Å². The molecule has 26 heavy (non-hydrogen) atoms. The molecule has 1 N–H and O–H groups in total. The second-order valence-electron chi connectivity index (χ2n) is 7.81. The molecule has 0 aromatic heterocycles. The lowest BCUT2D eigenvalue weighted by atomic mass is 9.74. The third kappa shape index (κ3) is 3.47. The maximum atomic E-state index is 12.7. The fourth-order valence-electron chi connectivity index (χ4n) is 4.29. The number of amides is 2. The topological polar surface area (TPSA) is 60.0 Å². The Labute approximate surface area is 154 Å². The van der Waals surface area contributed by atoms with Crippen LogP contribution in [-0.4, -0.2) is 50.6 Å². The number of likely N-dealkylation sites (tertiary alicyclic amines) is 1. The number of hydrogen-bond acceptors (Lipinski definition) is 4. The number of rotatable bonds is 3. The number of fused-ring (bicyclic) bond motifs is 1. The first-order chi connectivity index (χ1) is 12.7. The van der Waals surface area contributed by atoms with Crippen LogP contribution in [0.2, 0.25) is 0 Å². The zero-order valence-electron chi connectivity index (χ0n) is 15.5. The van der Waals surface area contributed by atoms with Gasteiger partial charge >= 0.3 is 6.03 Å². The van der Waals surface area contributed by atoms with Crippen molar-refractivity contribution in [1.82, 2.24) is 10.2 Å². The van der Waals surface area contributed by atoms with Gasteiger partial charge in [-0.1, -0.05) is 13.0 Å². The molecule has 142 valence electrons. The van der Waals surface area contributed by atoms with Crippen LogP contribution in [0.25, 0.3) is 0 Å². The lowest BCUT2D eigenvalue weighted by molar-refractivity contribution is 0.0498. The second-order valence-corrected chi connectivity index (χ2v) is 7.81. The summed E-state index contributed by atoms with van der Waals surface area (Å²) in [6, 6.07) is 6.21. The first-order valence-corrected chi connectivity index (χ1v) is 9.67. The van der Waals surface area contributed by atoms with E-state index in [1.807, 2.05) is 11.0 Å². The number of carbonyl (C=O) groups excluding carboxylic acids is 1. The van der Waals surface area contributed by atoms with Gasteiger partial charge in [-0.15, -0.1) is 0 Å². The van der Waals surface area contributed by atoms with Crippen LogP contribution in [0.4, 0.5) is 4.79 Å². The van der Waals surface area contributed by atoms with Crippen molar-refractivity contribution in [2.45, 2.75) is 38.0 Å². The molecule has 2 fully saturated rings. The number of carbonyl (C=O) groups is 1. The minimum Gasteiger partial charge on any atom is -0.454 e. The summed E-state index contributed by atoms with van der Waals surface area (Å²) in [5.74, 6) is 2.17. The van der Waals surface area contributed by atoms with E-state index in [0.29, 0.717) is 25.7 Å². The molecule has 0 radical (unpaired) electrons. The van der Waals surface area contributed by atoms with Gasteiger partial charge in [0.25, 0.3) is 0 Å². The van der Waals surface area contributed by atoms with Gasteiger partial charge in [-0.05, 0) is 49.3 Å². The van der Waals surface area contributed by atoms with Crippen molar-refractivity contribution in [3.63, 3.8) is 0 Å². The van der Waals surface area contributed by atoms with Crippen LogP contribution in [0.3, 0.4) is 0 Å². The summed E-state index contributed by atoms with van der Waals surface area (Å²) >= 11 is 0. The van der Waals surface area contributed by atoms with Gasteiger partial charge in [0.15, 0.2) is 11.5 Å². The molecule has 0 bridgehead atoms. The molecule has 1 atom stereocenters. The van der Waals surface area contributed by atoms with E-state index >= 15 is 0 Å². The number of benzene rings is 1. The average molecular weight is 360 g/mol. The van der Waals surface area contributed by atoms with E-state index in [2.05, 4.69) is 24.4 Å². The zero-order valence-corrected chi connectivity index (χ0v) is 15.5. The van der Waals surface area contributed by atoms with Crippen LogP contribution in [0.15, 0.2) is 18.2 Å². The van der Waals surface area contributed by atoms with E-state index in [1.54, 1.807) is 0 Å². The number of nitrogens with one attached hydrogen (secondary N) is 1. The summed E-state index contributed by atoms with van der Waals surface area (Å²) in [5.41, 5.74) is 1.08. The highest BCUT2D eigenvalue weighted by Crippen LogP contribution is 2.40. The minimum absolute atomic E-state index is 0.0585. The van der Waals surface area contributed by atoms with Crippen molar-refractivity contribution >= 4 is 6.03 Å². The van der Waals surface area contributed by atoms with Crippen LogP contribution >= 0.6 is 0 Å². The quantitative estimate of drug-likeness (QED) is 0.900. The van der Waals surface area contributed by atoms with Crippen LogP contribution in [0, 0.1) is 5.92 Å². The van der Waals surface area contributed by atoms with E-state index in [1.165, 1.54) is 12.0 Å². The average Bonchev–Trinajstić information content (AvgIpc) is 3.15. The maximum Gasteiger partial charge on any atom is 0.317 e. The first kappa shape index (κ1) is 17.5. The normalized spacial score (nSPS) is 24.3. The Morgan fingerprint density at radius 1 is 1.27 bits per heavy atom. The second kappa shape index (κ2) is 7.35. The van der Waals surface area contributed by atoms with Gasteiger partial charge < -0.3 is 24.4 Å². The molecule has 0 saturated carbocycles. The molecule has 6 nitrogen and oxygen atoms in total. The van der Waals surface area contributed by atoms with Crippen LogP contribution in [0.1, 0.15) is 38.2 Å². The Bertz CT molecular complexity index is 657. The van der Waals surface area contributed by atoms with E-state index in [4.69, 9.17) is 14.2 Å². The van der Waals surface area contributed by atoms with Gasteiger partial charge in [0.1, 0.15) is 0 Å². The minimum atomic E-state index is -0.115. The summed E-state index contributed by atoms with van der Waals surface area (Å²) in [5, 5.41) is 3.21. The van der Waals surface area contributed by atoms with Crippen molar-refractivity contribution in [2.24, 2.45) is 5.92 Å². The van der Waals surface area contributed by atoms with E-state index < -0.39 is 0 Å². The fourth-order valence-corrected chi connectivity index (χ4v) is 4.29. The molecular weight excluding hydrogens is 332 g/mol. The molecule has 6 heteroatoms. The smallest absolute Gasteiger partial charge is 0.317 e. The van der Waals surface area contributed by atoms with E-state index in [-0.39, 0.29) is 18.2 Å². The van der Waals surface area contributed by atoms with Gasteiger partial charge in [-0.3, -0.25) is 0 Å². The molecule has 1 unspecified atom stereocenters. The SMILES string of the molecule is CC1CCCN(C(=O)NCC2(c3ccc4c(c3)OCO4)CCOCC2)C1. The number of ether oxygens (including phenoxy) is 3. The Morgan fingerprint density at radius 2 is 2.08 bits per heavy atom. The van der Waals surface area contributed by atoms with Gasteiger partial charge in [0.2, 0.25) is 6.79 Å². The predicted octanol–water partition coefficient (Wildman–Crippen LogP) is 2.91. The highest BCUT2D eigenvalue weighted by molar-refractivity contribution is 5.74. The Morgan fingerprint density at radius 3 is 2.88 bits per heavy atom. The molecule has 0 spiro atoms. The molecule has 3 aliphatic heterocycles. The van der Waals surface area contributed by atoms with Crippen molar-refractivity contribution in [2.75, 3.05) is 39.6 Å². The fraction of sp³-hybridized carbons (Fsp3) is 0.650. The van der Waals surface area contributed by atoms with Gasteiger partial charge in [0.05, 0.1) is 0 Å². The van der Waals surface area contributed by atoms with E-state index in [0.717, 1.165) is 43.9 Å². The Kier molecular flexibility index (Phi) is 4.94. The third-order valence-electron chi connectivity index (χ3n) is 5.96. The highest BCUT2D eigenvalue weighted by Gasteiger charge is 2.36. The summed E-state index contributed by atoms with van der Waals surface area (Å²) in [6.45, 7) is 6.25. The molecule has 1 aromatic carbocycles. The van der Waals surface area contributed by atoms with Crippen molar-refractivity contribution in [1.29, 1.82) is 0 Å². The number of nitrogens with zero attached hydrogens (tertiary/aromatic N) is 1. The number of piperidine rings is 1. The summed E-state index contributed by atoms with van der Waals surface area (Å²) in [6.07, 6.45) is 4.09. The predicted molar refractivity (Wildman–Crippen MR) is 97.7 cm³/mol. The van der Waals surface area contributed by atoms with Crippen LogP contribution in [-0.2, 0) is 10.2 Å². The summed E-state index contributed by atoms with van der Waals surface area (Å²) in [7, 11) is 0. The molecule has 3 heterocycles. The molecule has 4 rings (SSSR count). The lowest BCUT2D eigenvalue weighted by Gasteiger charge is -2.39. The Hall–Kier alpha value is -1.95. The van der Waals surface area contributed by atoms with Crippen LogP contribution in [0.5, 0.6) is 11.5 Å². The molecule has 2 amide bonds. The zero-order chi connectivity index (χ0) is 18.0. The number of hydrogen-bond donors (Lipinski definition) is 1. The van der Waals surface area contributed by atoms with Crippen molar-refractivity contribution in [3.05, 3.63) is 23.8 Å². The van der Waals surface area contributed by atoms with Crippen molar-refractivity contribution in [3.8, 4) is 11.5 Å². The van der Waals surface area contributed by atoms with Gasteiger partial charge in [-0.25, -0.2) is 4.79 Å². The monoisotopic (exact) mass is 360 g/mol. The third-order valence-corrected chi connectivity index (χ3v) is 5.96. The largest absolute Gasteiger partial charge is 0.454 e.